The number of methoxy groups -OCH3 is 3. The smallest absolute Gasteiger partial charge is 0.269 e. The fourth-order valence-electron chi connectivity index (χ4n) is 3.07. The number of ether oxygens (including phenoxy) is 3. The number of likely N-dealkylation sites (tertiary alicyclic amines) is 1. The third kappa shape index (κ3) is 5.26. The third-order valence-electron chi connectivity index (χ3n) is 4.51. The van der Waals surface area contributed by atoms with Gasteiger partial charge >= 0.3 is 0 Å². The Morgan fingerprint density at radius 1 is 0.962 bits per heavy atom. The van der Waals surface area contributed by atoms with Crippen molar-refractivity contribution in [1.82, 2.24) is 10.9 Å². The van der Waals surface area contributed by atoms with Gasteiger partial charge in [0.15, 0.2) is 11.5 Å². The summed E-state index contributed by atoms with van der Waals surface area (Å²) in [5.41, 5.74) is 5.18. The van der Waals surface area contributed by atoms with Gasteiger partial charge in [-0.15, -0.1) is 0 Å². The van der Waals surface area contributed by atoms with Crippen LogP contribution in [0.4, 0.5) is 0 Å². The van der Waals surface area contributed by atoms with Crippen LogP contribution < -0.4 is 30.0 Å². The lowest BCUT2D eigenvalue weighted by Crippen LogP contribution is -3.12. The van der Waals surface area contributed by atoms with Gasteiger partial charge in [0.2, 0.25) is 11.7 Å². The molecule has 0 spiro atoms. The molecular weight excluding hydrogens is 338 g/mol. The van der Waals surface area contributed by atoms with E-state index in [9.17, 15) is 9.59 Å². The molecule has 1 fully saturated rings. The van der Waals surface area contributed by atoms with Crippen molar-refractivity contribution in [2.45, 2.75) is 25.7 Å². The largest absolute Gasteiger partial charge is 0.493 e. The summed E-state index contributed by atoms with van der Waals surface area (Å²) in [4.78, 5) is 25.7. The quantitative estimate of drug-likeness (QED) is 0.588. The highest BCUT2D eigenvalue weighted by atomic mass is 16.5. The summed E-state index contributed by atoms with van der Waals surface area (Å²) in [5.74, 6) is 0.487. The first kappa shape index (κ1) is 19.8. The molecule has 1 aliphatic heterocycles. The maximum Gasteiger partial charge on any atom is 0.269 e. The molecule has 0 atom stereocenters. The molecule has 0 saturated carbocycles. The highest BCUT2D eigenvalue weighted by Gasteiger charge is 2.18. The number of hydrazine groups is 1. The molecule has 2 rings (SSSR count). The van der Waals surface area contributed by atoms with Crippen LogP contribution in [0.5, 0.6) is 17.2 Å². The lowest BCUT2D eigenvalue weighted by atomic mass is 10.1. The molecule has 1 heterocycles. The molecule has 0 bridgehead atoms. The normalized spacial score (nSPS) is 14.4. The number of benzene rings is 1. The summed E-state index contributed by atoms with van der Waals surface area (Å²) in [7, 11) is 4.44. The van der Waals surface area contributed by atoms with E-state index in [0.29, 0.717) is 29.2 Å². The van der Waals surface area contributed by atoms with Gasteiger partial charge in [0.05, 0.1) is 47.4 Å². The first-order valence-corrected chi connectivity index (χ1v) is 8.81. The van der Waals surface area contributed by atoms with Crippen LogP contribution in [0, 0.1) is 0 Å². The second-order valence-electron chi connectivity index (χ2n) is 6.23. The fourth-order valence-corrected chi connectivity index (χ4v) is 3.07. The Labute approximate surface area is 153 Å². The number of carbonyl (C=O) groups is 2. The zero-order valence-electron chi connectivity index (χ0n) is 15.6. The van der Waals surface area contributed by atoms with E-state index in [2.05, 4.69) is 10.9 Å². The van der Waals surface area contributed by atoms with E-state index >= 15 is 0 Å². The summed E-state index contributed by atoms with van der Waals surface area (Å²) >= 11 is 0. The van der Waals surface area contributed by atoms with E-state index in [-0.39, 0.29) is 5.91 Å². The lowest BCUT2D eigenvalue weighted by molar-refractivity contribution is -0.904. The molecule has 1 aliphatic rings. The van der Waals surface area contributed by atoms with Crippen molar-refractivity contribution in [1.29, 1.82) is 0 Å². The number of hydrogen-bond acceptors (Lipinski definition) is 5. The van der Waals surface area contributed by atoms with Crippen molar-refractivity contribution in [3.05, 3.63) is 17.7 Å². The van der Waals surface area contributed by atoms with Crippen LogP contribution in [0.15, 0.2) is 12.1 Å². The zero-order valence-corrected chi connectivity index (χ0v) is 15.6. The van der Waals surface area contributed by atoms with E-state index in [4.69, 9.17) is 14.2 Å². The van der Waals surface area contributed by atoms with E-state index in [1.165, 1.54) is 57.6 Å². The maximum atomic E-state index is 12.3. The molecule has 8 heteroatoms. The van der Waals surface area contributed by atoms with Crippen molar-refractivity contribution in [3.63, 3.8) is 0 Å². The van der Waals surface area contributed by atoms with Crippen molar-refractivity contribution in [2.75, 3.05) is 41.0 Å². The minimum Gasteiger partial charge on any atom is -0.493 e. The Balaban J connectivity index is 1.89. The molecule has 1 aromatic carbocycles. The van der Waals surface area contributed by atoms with Crippen LogP contribution in [0.2, 0.25) is 0 Å². The Bertz CT molecular complexity index is 604. The molecule has 0 aliphatic carbocycles. The van der Waals surface area contributed by atoms with Crippen LogP contribution in [0.3, 0.4) is 0 Å². The summed E-state index contributed by atoms with van der Waals surface area (Å²) < 4.78 is 15.7. The van der Waals surface area contributed by atoms with E-state index in [0.717, 1.165) is 19.6 Å². The molecular formula is C18H28N3O5+. The molecule has 3 N–H and O–H groups in total. The lowest BCUT2D eigenvalue weighted by Gasteiger charge is -2.23. The average Bonchev–Trinajstić information content (AvgIpc) is 2.69. The van der Waals surface area contributed by atoms with Gasteiger partial charge in [0.25, 0.3) is 5.91 Å². The monoisotopic (exact) mass is 366 g/mol. The Morgan fingerprint density at radius 2 is 1.58 bits per heavy atom. The summed E-state index contributed by atoms with van der Waals surface area (Å²) in [6, 6.07) is 3.06. The topological polar surface area (TPSA) is 90.3 Å². The minimum absolute atomic E-state index is 0.205. The third-order valence-corrected chi connectivity index (χ3v) is 4.51. The van der Waals surface area contributed by atoms with E-state index in [1.54, 1.807) is 0 Å². The molecule has 0 radical (unpaired) electrons. The number of hydrogen-bond donors (Lipinski definition) is 3. The van der Waals surface area contributed by atoms with Crippen molar-refractivity contribution in [2.24, 2.45) is 0 Å². The Kier molecular flexibility index (Phi) is 7.53. The second kappa shape index (κ2) is 9.86. The second-order valence-corrected chi connectivity index (χ2v) is 6.23. The van der Waals surface area contributed by atoms with Crippen molar-refractivity contribution >= 4 is 11.8 Å². The summed E-state index contributed by atoms with van der Waals surface area (Å²) in [6.45, 7) is 3.02. The Hall–Kier alpha value is -2.48. The van der Waals surface area contributed by atoms with Gasteiger partial charge in [-0.25, -0.2) is 0 Å². The minimum atomic E-state index is -0.456. The molecule has 1 saturated heterocycles. The Morgan fingerprint density at radius 3 is 2.12 bits per heavy atom. The number of quaternary nitrogens is 1. The number of amides is 2. The molecule has 2 amide bonds. The molecule has 26 heavy (non-hydrogen) atoms. The van der Waals surface area contributed by atoms with Gasteiger partial charge in [0.1, 0.15) is 0 Å². The fraction of sp³-hybridized carbons (Fsp3) is 0.556. The summed E-state index contributed by atoms with van der Waals surface area (Å²) in [6.07, 6.45) is 4.09. The van der Waals surface area contributed by atoms with Gasteiger partial charge in [-0.3, -0.25) is 20.4 Å². The number of rotatable bonds is 7. The van der Waals surface area contributed by atoms with Gasteiger partial charge in [0, 0.05) is 5.56 Å². The molecule has 8 nitrogen and oxygen atoms in total. The predicted octanol–water partition coefficient (Wildman–Crippen LogP) is -0.0677. The van der Waals surface area contributed by atoms with Crippen LogP contribution >= 0.6 is 0 Å². The molecule has 144 valence electrons. The standard InChI is InChI=1S/C18H27N3O5/c1-24-14-11-13(12-15(25-2)17(14)26-3)18(23)20-19-16(22)7-10-21-8-5-4-6-9-21/h11-12H,4-10H2,1-3H3,(H,19,22)(H,20,23)/p+1. The van der Waals surface area contributed by atoms with Gasteiger partial charge in [-0.2, -0.15) is 0 Å². The molecule has 0 unspecified atom stereocenters. The van der Waals surface area contributed by atoms with Crippen molar-refractivity contribution < 1.29 is 28.7 Å². The van der Waals surface area contributed by atoms with Crippen LogP contribution in [0.25, 0.3) is 0 Å². The predicted molar refractivity (Wildman–Crippen MR) is 95.7 cm³/mol. The number of piperidine rings is 1. The van der Waals surface area contributed by atoms with Gasteiger partial charge < -0.3 is 19.1 Å². The highest BCUT2D eigenvalue weighted by Crippen LogP contribution is 2.38. The van der Waals surface area contributed by atoms with Crippen LogP contribution in [-0.2, 0) is 4.79 Å². The zero-order chi connectivity index (χ0) is 18.9. The van der Waals surface area contributed by atoms with Crippen LogP contribution in [0.1, 0.15) is 36.0 Å². The van der Waals surface area contributed by atoms with E-state index < -0.39 is 5.91 Å². The van der Waals surface area contributed by atoms with Crippen LogP contribution in [-0.4, -0.2) is 52.8 Å². The molecule has 1 aromatic rings. The van der Waals surface area contributed by atoms with Crippen molar-refractivity contribution in [3.8, 4) is 17.2 Å². The van der Waals surface area contributed by atoms with E-state index in [1.807, 2.05) is 0 Å². The number of nitrogens with one attached hydrogen (secondary N) is 3. The first-order valence-electron chi connectivity index (χ1n) is 8.81. The maximum absolute atomic E-state index is 12.3. The SMILES string of the molecule is COc1cc(C(=O)NNC(=O)CC[NH+]2CCCCC2)cc(OC)c1OC. The summed E-state index contributed by atoms with van der Waals surface area (Å²) in [5, 5.41) is 0. The highest BCUT2D eigenvalue weighted by molar-refractivity contribution is 5.96. The molecule has 0 aromatic heterocycles. The van der Waals surface area contributed by atoms with Gasteiger partial charge in [-0.1, -0.05) is 0 Å². The first-order chi connectivity index (χ1) is 12.6. The average molecular weight is 366 g/mol. The number of carbonyl (C=O) groups excluding carboxylic acids is 2. The van der Waals surface area contributed by atoms with Gasteiger partial charge in [-0.05, 0) is 31.4 Å².